The van der Waals surface area contributed by atoms with Crippen molar-refractivity contribution in [1.29, 1.82) is 0 Å². The van der Waals surface area contributed by atoms with Gasteiger partial charge in [0.15, 0.2) is 0 Å². The molecule has 2 heterocycles. The van der Waals surface area contributed by atoms with Crippen molar-refractivity contribution in [3.05, 3.63) is 41.5 Å². The third-order valence-corrected chi connectivity index (χ3v) is 3.04. The van der Waals surface area contributed by atoms with Crippen molar-refractivity contribution in [3.63, 3.8) is 0 Å². The van der Waals surface area contributed by atoms with Gasteiger partial charge in [-0.1, -0.05) is 0 Å². The standard InChI is InChI=1S/C13H17N5O/c1-9-6-14-5-4-12(9)17-13(19)15-7-11-8-16-18(3)10(11)2/h4-6,8H,7H2,1-3H3,(H2,14,15,17,19). The van der Waals surface area contributed by atoms with E-state index in [4.69, 9.17) is 0 Å². The topological polar surface area (TPSA) is 71.8 Å². The van der Waals surface area contributed by atoms with Gasteiger partial charge >= 0.3 is 6.03 Å². The van der Waals surface area contributed by atoms with Gasteiger partial charge in [-0.15, -0.1) is 0 Å². The molecule has 0 radical (unpaired) electrons. The number of carbonyl (C=O) groups excluding carboxylic acids is 1. The highest BCUT2D eigenvalue weighted by Gasteiger charge is 2.07. The summed E-state index contributed by atoms with van der Waals surface area (Å²) in [5.74, 6) is 0. The van der Waals surface area contributed by atoms with E-state index >= 15 is 0 Å². The Balaban J connectivity index is 1.92. The lowest BCUT2D eigenvalue weighted by molar-refractivity contribution is 0.251. The lowest BCUT2D eigenvalue weighted by atomic mass is 10.2. The Morgan fingerprint density at radius 3 is 2.79 bits per heavy atom. The number of aromatic nitrogens is 3. The highest BCUT2D eigenvalue weighted by Crippen LogP contribution is 2.11. The molecule has 6 nitrogen and oxygen atoms in total. The number of carbonyl (C=O) groups is 1. The Kier molecular flexibility index (Phi) is 3.79. The number of aryl methyl sites for hydroxylation is 2. The van der Waals surface area contributed by atoms with Gasteiger partial charge in [0.05, 0.1) is 6.20 Å². The quantitative estimate of drug-likeness (QED) is 0.882. The molecule has 19 heavy (non-hydrogen) atoms. The normalized spacial score (nSPS) is 10.3. The third-order valence-electron chi connectivity index (χ3n) is 3.04. The third kappa shape index (κ3) is 3.09. The second-order valence-electron chi connectivity index (χ2n) is 4.38. The van der Waals surface area contributed by atoms with Crippen LogP contribution in [0.5, 0.6) is 0 Å². The predicted octanol–water partition coefficient (Wildman–Crippen LogP) is 1.75. The maximum absolute atomic E-state index is 11.8. The summed E-state index contributed by atoms with van der Waals surface area (Å²) < 4.78 is 1.78. The summed E-state index contributed by atoms with van der Waals surface area (Å²) in [4.78, 5) is 15.8. The number of hydrogen-bond donors (Lipinski definition) is 2. The van der Waals surface area contributed by atoms with E-state index in [0.717, 1.165) is 22.5 Å². The molecule has 100 valence electrons. The average Bonchev–Trinajstić information content (AvgIpc) is 2.70. The van der Waals surface area contributed by atoms with Crippen LogP contribution in [-0.4, -0.2) is 20.8 Å². The van der Waals surface area contributed by atoms with Crippen molar-refractivity contribution in [2.24, 2.45) is 7.05 Å². The number of nitrogens with zero attached hydrogens (tertiary/aromatic N) is 3. The van der Waals surface area contributed by atoms with Gasteiger partial charge in [0.1, 0.15) is 0 Å². The van der Waals surface area contributed by atoms with Crippen molar-refractivity contribution in [1.82, 2.24) is 20.1 Å². The number of rotatable bonds is 3. The van der Waals surface area contributed by atoms with E-state index in [2.05, 4.69) is 20.7 Å². The smallest absolute Gasteiger partial charge is 0.319 e. The Labute approximate surface area is 111 Å². The highest BCUT2D eigenvalue weighted by molar-refractivity contribution is 5.89. The maximum atomic E-state index is 11.8. The van der Waals surface area contributed by atoms with Crippen LogP contribution in [0.15, 0.2) is 24.7 Å². The van der Waals surface area contributed by atoms with Crippen LogP contribution in [0.3, 0.4) is 0 Å². The zero-order chi connectivity index (χ0) is 13.8. The molecule has 2 aromatic rings. The number of urea groups is 1. The van der Waals surface area contributed by atoms with Crippen LogP contribution in [0.1, 0.15) is 16.8 Å². The molecule has 2 amide bonds. The molecule has 0 aromatic carbocycles. The van der Waals surface area contributed by atoms with Crippen molar-refractivity contribution in [2.75, 3.05) is 5.32 Å². The Bertz CT molecular complexity index is 590. The summed E-state index contributed by atoms with van der Waals surface area (Å²) in [5.41, 5.74) is 3.73. The molecule has 2 N–H and O–H groups in total. The summed E-state index contributed by atoms with van der Waals surface area (Å²) in [6.45, 7) is 4.32. The molecule has 0 aliphatic carbocycles. The van der Waals surface area contributed by atoms with Crippen LogP contribution < -0.4 is 10.6 Å². The number of pyridine rings is 1. The Morgan fingerprint density at radius 1 is 1.37 bits per heavy atom. The van der Waals surface area contributed by atoms with Crippen LogP contribution in [0.25, 0.3) is 0 Å². The number of hydrogen-bond acceptors (Lipinski definition) is 3. The average molecular weight is 259 g/mol. The molecule has 0 fully saturated rings. The SMILES string of the molecule is Cc1cnccc1NC(=O)NCc1cnn(C)c1C. The highest BCUT2D eigenvalue weighted by atomic mass is 16.2. The molecule has 0 aliphatic heterocycles. The van der Waals surface area contributed by atoms with E-state index in [0.29, 0.717) is 6.54 Å². The summed E-state index contributed by atoms with van der Waals surface area (Å²) in [6.07, 6.45) is 5.11. The summed E-state index contributed by atoms with van der Waals surface area (Å²) >= 11 is 0. The summed E-state index contributed by atoms with van der Waals surface area (Å²) in [5, 5.41) is 9.72. The summed E-state index contributed by atoms with van der Waals surface area (Å²) in [7, 11) is 1.87. The van der Waals surface area contributed by atoms with Gasteiger partial charge in [0, 0.05) is 42.9 Å². The van der Waals surface area contributed by atoms with E-state index in [1.54, 1.807) is 29.3 Å². The molecule has 0 atom stereocenters. The first-order valence-corrected chi connectivity index (χ1v) is 6.01. The summed E-state index contributed by atoms with van der Waals surface area (Å²) in [6, 6.07) is 1.53. The number of anilines is 1. The second kappa shape index (κ2) is 5.51. The van der Waals surface area contributed by atoms with Gasteiger partial charge in [0.2, 0.25) is 0 Å². The molecule has 0 spiro atoms. The lowest BCUT2D eigenvalue weighted by Crippen LogP contribution is -2.28. The molecular formula is C13H17N5O. The van der Waals surface area contributed by atoms with Gasteiger partial charge in [-0.2, -0.15) is 5.10 Å². The maximum Gasteiger partial charge on any atom is 0.319 e. The minimum atomic E-state index is -0.238. The minimum Gasteiger partial charge on any atom is -0.334 e. The molecule has 0 bridgehead atoms. The van der Waals surface area contributed by atoms with Crippen molar-refractivity contribution in [2.45, 2.75) is 20.4 Å². The molecule has 0 aliphatic rings. The van der Waals surface area contributed by atoms with Gasteiger partial charge in [-0.05, 0) is 25.5 Å². The van der Waals surface area contributed by atoms with Crippen LogP contribution in [-0.2, 0) is 13.6 Å². The monoisotopic (exact) mass is 259 g/mol. The number of amides is 2. The van der Waals surface area contributed by atoms with E-state index < -0.39 is 0 Å². The first-order valence-electron chi connectivity index (χ1n) is 6.01. The van der Waals surface area contributed by atoms with Crippen molar-refractivity contribution < 1.29 is 4.79 Å². The predicted molar refractivity (Wildman–Crippen MR) is 72.8 cm³/mol. The first kappa shape index (κ1) is 13.1. The molecule has 2 rings (SSSR count). The molecule has 2 aromatic heterocycles. The largest absolute Gasteiger partial charge is 0.334 e. The molecule has 0 unspecified atom stereocenters. The van der Waals surface area contributed by atoms with E-state index in [9.17, 15) is 4.79 Å². The zero-order valence-corrected chi connectivity index (χ0v) is 11.3. The fourth-order valence-electron chi connectivity index (χ4n) is 1.67. The van der Waals surface area contributed by atoms with Gasteiger partial charge in [0.25, 0.3) is 0 Å². The van der Waals surface area contributed by atoms with Crippen molar-refractivity contribution in [3.8, 4) is 0 Å². The molecule has 6 heteroatoms. The van der Waals surface area contributed by atoms with Gasteiger partial charge < -0.3 is 10.6 Å². The van der Waals surface area contributed by atoms with Crippen LogP contribution in [0, 0.1) is 13.8 Å². The number of nitrogens with one attached hydrogen (secondary N) is 2. The van der Waals surface area contributed by atoms with E-state index in [1.807, 2.05) is 20.9 Å². The van der Waals surface area contributed by atoms with Crippen LogP contribution >= 0.6 is 0 Å². The van der Waals surface area contributed by atoms with Gasteiger partial charge in [-0.25, -0.2) is 4.79 Å². The fraction of sp³-hybridized carbons (Fsp3) is 0.308. The second-order valence-corrected chi connectivity index (χ2v) is 4.38. The molecule has 0 saturated heterocycles. The minimum absolute atomic E-state index is 0.238. The van der Waals surface area contributed by atoms with Crippen molar-refractivity contribution >= 4 is 11.7 Å². The Hall–Kier alpha value is -2.37. The fourth-order valence-corrected chi connectivity index (χ4v) is 1.67. The van der Waals surface area contributed by atoms with Crippen LogP contribution in [0.4, 0.5) is 10.5 Å². The molecular weight excluding hydrogens is 242 g/mol. The first-order chi connectivity index (χ1) is 9.08. The zero-order valence-electron chi connectivity index (χ0n) is 11.3. The van der Waals surface area contributed by atoms with E-state index in [1.165, 1.54) is 0 Å². The van der Waals surface area contributed by atoms with Crippen LogP contribution in [0.2, 0.25) is 0 Å². The Morgan fingerprint density at radius 2 is 2.16 bits per heavy atom. The van der Waals surface area contributed by atoms with E-state index in [-0.39, 0.29) is 6.03 Å². The lowest BCUT2D eigenvalue weighted by Gasteiger charge is -2.09. The molecule has 0 saturated carbocycles. The van der Waals surface area contributed by atoms with Gasteiger partial charge in [-0.3, -0.25) is 9.67 Å².